The van der Waals surface area contributed by atoms with Crippen LogP contribution in [0.3, 0.4) is 0 Å². The van der Waals surface area contributed by atoms with Gasteiger partial charge in [-0.15, -0.1) is 0 Å². The van der Waals surface area contributed by atoms with Gasteiger partial charge in [0.05, 0.1) is 18.8 Å². The summed E-state index contributed by atoms with van der Waals surface area (Å²) in [5.41, 5.74) is 0. The van der Waals surface area contributed by atoms with Crippen LogP contribution in [0.1, 0.15) is 41.5 Å². The molecule has 0 aliphatic heterocycles. The second-order valence-electron chi connectivity index (χ2n) is 9.44. The van der Waals surface area contributed by atoms with Crippen LogP contribution in [0.4, 0.5) is 0 Å². The summed E-state index contributed by atoms with van der Waals surface area (Å²) in [6, 6.07) is -1.27. The van der Waals surface area contributed by atoms with E-state index in [1.54, 1.807) is 0 Å². The second kappa shape index (κ2) is 12.2. The van der Waals surface area contributed by atoms with Crippen LogP contribution in [0.15, 0.2) is 0 Å². The fourth-order valence-corrected chi connectivity index (χ4v) is 5.73. The lowest BCUT2D eigenvalue weighted by atomic mass is 10.00. The highest BCUT2D eigenvalue weighted by Crippen LogP contribution is 2.13. The monoisotopic (exact) mass is 506 g/mol. The molecule has 0 rings (SSSR count). The maximum Gasteiger partial charge on any atom is 0.209 e. The van der Waals surface area contributed by atoms with Crippen molar-refractivity contribution >= 4 is 30.1 Å². The Kier molecular flexibility index (Phi) is 12.1. The summed E-state index contributed by atoms with van der Waals surface area (Å²) in [7, 11) is -10.4. The van der Waals surface area contributed by atoms with Crippen molar-refractivity contribution in [2.45, 2.75) is 59.7 Å². The van der Waals surface area contributed by atoms with E-state index in [4.69, 9.17) is 0 Å². The van der Waals surface area contributed by atoms with Gasteiger partial charge in [0.1, 0.15) is 0 Å². The van der Waals surface area contributed by atoms with Gasteiger partial charge in [0, 0.05) is 37.8 Å². The van der Waals surface area contributed by atoms with Gasteiger partial charge in [-0.1, -0.05) is 41.5 Å². The molecule has 0 amide bonds. The Morgan fingerprint density at radius 3 is 0.839 bits per heavy atom. The summed E-state index contributed by atoms with van der Waals surface area (Å²) in [5.74, 6) is -0.0890. The molecule has 0 aromatic heterocycles. The van der Waals surface area contributed by atoms with Crippen LogP contribution in [0.5, 0.6) is 0 Å². The minimum Gasteiger partial charge on any atom is -0.299 e. The van der Waals surface area contributed by atoms with Gasteiger partial charge in [0.25, 0.3) is 0 Å². The van der Waals surface area contributed by atoms with Crippen molar-refractivity contribution in [2.24, 2.45) is 17.8 Å². The molecule has 0 aromatic rings. The number of nitrogens with one attached hydrogen (secondary N) is 3. The predicted molar refractivity (Wildman–Crippen MR) is 126 cm³/mol. The number of hydrogen-bond acceptors (Lipinski definition) is 7. The maximum atomic E-state index is 11.9. The molecule has 3 N–H and O–H groups in total. The molecule has 0 saturated heterocycles. The minimum absolute atomic E-state index is 0.0297. The van der Waals surface area contributed by atoms with E-state index >= 15 is 0 Å². The van der Waals surface area contributed by atoms with Crippen LogP contribution >= 0.6 is 0 Å². The second-order valence-corrected chi connectivity index (χ2v) is 14.8. The fourth-order valence-electron chi connectivity index (χ4n) is 3.04. The predicted octanol–water partition coefficient (Wildman–Crippen LogP) is 0.00980. The highest BCUT2D eigenvalue weighted by molar-refractivity contribution is 7.89. The highest BCUT2D eigenvalue weighted by Gasteiger charge is 2.29. The fraction of sp³-hybridized carbons (Fsp3) is 1.00. The summed E-state index contributed by atoms with van der Waals surface area (Å²) >= 11 is 0. The third-order valence-corrected chi connectivity index (χ3v) is 7.07. The molecule has 3 atom stereocenters. The highest BCUT2D eigenvalue weighted by atomic mass is 32.2. The van der Waals surface area contributed by atoms with Gasteiger partial charge < -0.3 is 0 Å². The summed E-state index contributed by atoms with van der Waals surface area (Å²) in [6.45, 7) is 12.3. The number of nitrogens with zero attached hydrogens (tertiary/aromatic N) is 1. The zero-order valence-electron chi connectivity index (χ0n) is 20.2. The quantitative estimate of drug-likeness (QED) is 0.284. The van der Waals surface area contributed by atoms with Gasteiger partial charge in [0.2, 0.25) is 30.1 Å². The summed E-state index contributed by atoms with van der Waals surface area (Å²) in [6.07, 6.45) is 3.28. The smallest absolute Gasteiger partial charge is 0.209 e. The first-order chi connectivity index (χ1) is 13.7. The molecular formula is C18H42N4O6S3. The topological polar surface area (TPSA) is 142 Å². The molecule has 188 valence electrons. The largest absolute Gasteiger partial charge is 0.299 e. The molecule has 0 aliphatic rings. The van der Waals surface area contributed by atoms with Crippen LogP contribution in [0, 0.1) is 17.8 Å². The van der Waals surface area contributed by atoms with Crippen molar-refractivity contribution in [3.05, 3.63) is 0 Å². The van der Waals surface area contributed by atoms with Crippen molar-refractivity contribution in [1.29, 1.82) is 0 Å². The van der Waals surface area contributed by atoms with Gasteiger partial charge in [-0.3, -0.25) is 4.90 Å². The number of rotatable bonds is 15. The Hall–Kier alpha value is -0.310. The lowest BCUT2D eigenvalue weighted by Gasteiger charge is -2.36. The Morgan fingerprint density at radius 2 is 0.710 bits per heavy atom. The molecule has 0 unspecified atom stereocenters. The summed E-state index contributed by atoms with van der Waals surface area (Å²) in [5, 5.41) is 0. The zero-order valence-corrected chi connectivity index (χ0v) is 22.7. The van der Waals surface area contributed by atoms with Crippen molar-refractivity contribution in [2.75, 3.05) is 38.4 Å². The van der Waals surface area contributed by atoms with E-state index in [1.807, 2.05) is 46.4 Å². The van der Waals surface area contributed by atoms with Gasteiger partial charge in [-0.25, -0.2) is 39.4 Å². The standard InChI is InChI=1S/C18H42N4O6S3/c1-13(2)16(19-29(7,23)24)10-22(11-17(14(3)4)20-30(8,25)26)12-18(15(5)6)21-31(9,27)28/h13-21H,10-12H2,1-9H3/t16-,17-,18-/m1/s1. The van der Waals surface area contributed by atoms with Crippen LogP contribution < -0.4 is 14.2 Å². The molecule has 0 radical (unpaired) electrons. The van der Waals surface area contributed by atoms with Crippen LogP contribution in [0.2, 0.25) is 0 Å². The first kappa shape index (κ1) is 30.7. The molecule has 0 aromatic carbocycles. The van der Waals surface area contributed by atoms with Crippen LogP contribution in [-0.4, -0.2) is 86.7 Å². The van der Waals surface area contributed by atoms with E-state index in [0.717, 1.165) is 18.8 Å². The third-order valence-electron chi connectivity index (χ3n) is 4.88. The first-order valence-corrected chi connectivity index (χ1v) is 16.0. The molecule has 31 heavy (non-hydrogen) atoms. The van der Waals surface area contributed by atoms with E-state index in [2.05, 4.69) is 14.2 Å². The molecule has 0 fully saturated rings. The third kappa shape index (κ3) is 15.2. The van der Waals surface area contributed by atoms with Gasteiger partial charge >= 0.3 is 0 Å². The maximum absolute atomic E-state index is 11.9. The first-order valence-electron chi connectivity index (χ1n) is 10.3. The molecule has 10 nitrogen and oxygen atoms in total. The van der Waals surface area contributed by atoms with Crippen molar-refractivity contribution in [1.82, 2.24) is 19.1 Å². The Bertz CT molecular complexity index is 741. The molecule has 0 heterocycles. The van der Waals surface area contributed by atoms with E-state index in [9.17, 15) is 25.3 Å². The summed E-state index contributed by atoms with van der Waals surface area (Å²) in [4.78, 5) is 1.93. The minimum atomic E-state index is -3.46. The molecule has 0 saturated carbocycles. The van der Waals surface area contributed by atoms with Crippen LogP contribution in [0.25, 0.3) is 0 Å². The SMILES string of the molecule is CC(C)[C@@H](CN(C[C@@H](NS(C)(=O)=O)C(C)C)C[C@@H](NS(C)(=O)=O)C(C)C)NS(C)(=O)=O. The molecule has 0 aliphatic carbocycles. The van der Waals surface area contributed by atoms with E-state index in [0.29, 0.717) is 19.6 Å². The Morgan fingerprint density at radius 1 is 0.516 bits per heavy atom. The Balaban J connectivity index is 5.95. The van der Waals surface area contributed by atoms with Crippen molar-refractivity contribution in [3.63, 3.8) is 0 Å². The van der Waals surface area contributed by atoms with Crippen molar-refractivity contribution in [3.8, 4) is 0 Å². The average molecular weight is 507 g/mol. The lowest BCUT2D eigenvalue weighted by Crippen LogP contribution is -2.55. The van der Waals surface area contributed by atoms with Gasteiger partial charge in [-0.05, 0) is 17.8 Å². The normalized spacial score (nSPS) is 16.9. The Labute approximate surface area is 190 Å². The summed E-state index contributed by atoms with van der Waals surface area (Å²) < 4.78 is 79.0. The molecule has 0 bridgehead atoms. The van der Waals surface area contributed by atoms with Gasteiger partial charge in [-0.2, -0.15) is 0 Å². The number of sulfonamides is 3. The van der Waals surface area contributed by atoms with E-state index in [-0.39, 0.29) is 17.8 Å². The average Bonchev–Trinajstić information content (AvgIpc) is 2.48. The van der Waals surface area contributed by atoms with E-state index < -0.39 is 48.2 Å². The van der Waals surface area contributed by atoms with E-state index in [1.165, 1.54) is 0 Å². The molecular weight excluding hydrogens is 464 g/mol. The van der Waals surface area contributed by atoms with Gasteiger partial charge in [0.15, 0.2) is 0 Å². The lowest BCUT2D eigenvalue weighted by molar-refractivity contribution is 0.176. The van der Waals surface area contributed by atoms with Crippen molar-refractivity contribution < 1.29 is 25.3 Å². The van der Waals surface area contributed by atoms with Crippen LogP contribution in [-0.2, 0) is 30.1 Å². The zero-order chi connectivity index (χ0) is 24.8. The molecule has 0 spiro atoms. The number of hydrogen-bond donors (Lipinski definition) is 3. The molecule has 13 heteroatoms.